The third-order valence-electron chi connectivity index (χ3n) is 6.05. The third kappa shape index (κ3) is 4.52. The van der Waals surface area contributed by atoms with Gasteiger partial charge >= 0.3 is 6.03 Å². The summed E-state index contributed by atoms with van der Waals surface area (Å²) in [5, 5.41) is 10.8. The Hall–Kier alpha value is -2.37. The molecule has 0 bridgehead atoms. The largest absolute Gasteiger partial charge is 0.390 e. The molecule has 30 heavy (non-hydrogen) atoms. The van der Waals surface area contributed by atoms with Crippen LogP contribution in [0.3, 0.4) is 0 Å². The van der Waals surface area contributed by atoms with Crippen LogP contribution in [-0.4, -0.2) is 53.2 Å². The van der Waals surface area contributed by atoms with Crippen molar-refractivity contribution in [3.05, 3.63) is 64.7 Å². The number of aryl methyl sites for hydroxylation is 1. The molecule has 0 aliphatic carbocycles. The Bertz CT molecular complexity index is 911. The summed E-state index contributed by atoms with van der Waals surface area (Å²) in [6, 6.07) is 14.8. The number of aliphatic hydroxyl groups is 1. The van der Waals surface area contributed by atoms with Crippen molar-refractivity contribution in [1.82, 2.24) is 9.80 Å². The van der Waals surface area contributed by atoms with E-state index in [1.54, 1.807) is 0 Å². The zero-order valence-electron chi connectivity index (χ0n) is 18.3. The second-order valence-corrected chi connectivity index (χ2v) is 9.21. The molecule has 0 unspecified atom stereocenters. The molecular weight excluding hydrogens is 374 g/mol. The van der Waals surface area contributed by atoms with Gasteiger partial charge in [-0.2, -0.15) is 0 Å². The maximum atomic E-state index is 13.2. The SMILES string of the molecule is Cc1ccc2c(c1)CN(C[C@H](O)CN1CCc3ccccc3C1)C(=O)N2CC(C)C. The molecule has 0 saturated carbocycles. The third-order valence-corrected chi connectivity index (χ3v) is 6.05. The van der Waals surface area contributed by atoms with Gasteiger partial charge in [-0.1, -0.05) is 55.8 Å². The molecule has 2 aliphatic rings. The number of carbonyl (C=O) groups excluding carboxylic acids is 1. The summed E-state index contributed by atoms with van der Waals surface area (Å²) >= 11 is 0. The highest BCUT2D eigenvalue weighted by Crippen LogP contribution is 2.30. The van der Waals surface area contributed by atoms with Crippen LogP contribution in [-0.2, 0) is 19.5 Å². The molecule has 0 aromatic heterocycles. The first-order chi connectivity index (χ1) is 14.4. The molecule has 0 spiro atoms. The average molecular weight is 408 g/mol. The van der Waals surface area contributed by atoms with Gasteiger partial charge in [0.1, 0.15) is 0 Å². The summed E-state index contributed by atoms with van der Waals surface area (Å²) in [7, 11) is 0. The molecule has 2 aliphatic heterocycles. The second-order valence-electron chi connectivity index (χ2n) is 9.21. The van der Waals surface area contributed by atoms with Gasteiger partial charge in [0.05, 0.1) is 11.8 Å². The Kier molecular flexibility index (Phi) is 6.11. The minimum atomic E-state index is -0.563. The molecule has 0 fully saturated rings. The molecule has 5 heteroatoms. The number of amides is 2. The van der Waals surface area contributed by atoms with Gasteiger partial charge in [-0.3, -0.25) is 9.80 Å². The van der Waals surface area contributed by atoms with Crippen molar-refractivity contribution in [2.45, 2.75) is 46.4 Å². The monoisotopic (exact) mass is 407 g/mol. The molecule has 4 rings (SSSR count). The van der Waals surface area contributed by atoms with E-state index < -0.39 is 6.10 Å². The van der Waals surface area contributed by atoms with Crippen molar-refractivity contribution >= 4 is 11.7 Å². The van der Waals surface area contributed by atoms with E-state index in [1.807, 2.05) is 9.80 Å². The normalized spacial score (nSPS) is 17.8. The van der Waals surface area contributed by atoms with Crippen LogP contribution in [0.2, 0.25) is 0 Å². The van der Waals surface area contributed by atoms with E-state index in [0.717, 1.165) is 30.8 Å². The lowest BCUT2D eigenvalue weighted by Gasteiger charge is -2.39. The Morgan fingerprint density at radius 2 is 1.73 bits per heavy atom. The lowest BCUT2D eigenvalue weighted by Crippen LogP contribution is -2.52. The maximum Gasteiger partial charge on any atom is 0.324 e. The second kappa shape index (κ2) is 8.78. The van der Waals surface area contributed by atoms with Crippen LogP contribution >= 0.6 is 0 Å². The Balaban J connectivity index is 1.44. The van der Waals surface area contributed by atoms with E-state index in [1.165, 1.54) is 16.7 Å². The fourth-order valence-electron chi connectivity index (χ4n) is 4.66. The van der Waals surface area contributed by atoms with Crippen molar-refractivity contribution in [1.29, 1.82) is 0 Å². The number of benzene rings is 2. The number of nitrogens with zero attached hydrogens (tertiary/aromatic N) is 3. The zero-order chi connectivity index (χ0) is 21.3. The number of fused-ring (bicyclic) bond motifs is 2. The molecule has 0 saturated heterocycles. The van der Waals surface area contributed by atoms with Crippen LogP contribution in [0.15, 0.2) is 42.5 Å². The summed E-state index contributed by atoms with van der Waals surface area (Å²) in [4.78, 5) is 19.2. The van der Waals surface area contributed by atoms with Crippen LogP contribution in [0, 0.1) is 12.8 Å². The minimum absolute atomic E-state index is 0.00286. The van der Waals surface area contributed by atoms with Crippen molar-refractivity contribution in [3.8, 4) is 0 Å². The van der Waals surface area contributed by atoms with E-state index in [-0.39, 0.29) is 6.03 Å². The topological polar surface area (TPSA) is 47.0 Å². The molecule has 0 radical (unpaired) electrons. The Morgan fingerprint density at radius 1 is 0.967 bits per heavy atom. The smallest absolute Gasteiger partial charge is 0.324 e. The summed E-state index contributed by atoms with van der Waals surface area (Å²) in [5.41, 5.74) is 6.12. The summed E-state index contributed by atoms with van der Waals surface area (Å²) in [6.45, 7) is 10.3. The van der Waals surface area contributed by atoms with Gasteiger partial charge in [-0.05, 0) is 42.0 Å². The molecule has 2 aromatic rings. The number of carbonyl (C=O) groups is 1. The highest BCUT2D eigenvalue weighted by Gasteiger charge is 2.32. The van der Waals surface area contributed by atoms with Crippen molar-refractivity contribution < 1.29 is 9.90 Å². The maximum absolute atomic E-state index is 13.2. The fourth-order valence-corrected chi connectivity index (χ4v) is 4.66. The standard InChI is InChI=1S/C25H33N3O2/c1-18(2)13-28-24-9-8-19(3)12-22(24)15-27(25(28)30)17-23(29)16-26-11-10-20-6-4-5-7-21(20)14-26/h4-9,12,18,23,29H,10-11,13-17H2,1-3H3/t23-/m1/s1. The van der Waals surface area contributed by atoms with Gasteiger partial charge in [0, 0.05) is 39.3 Å². The highest BCUT2D eigenvalue weighted by molar-refractivity contribution is 5.95. The van der Waals surface area contributed by atoms with Gasteiger partial charge in [-0.25, -0.2) is 4.79 Å². The van der Waals surface area contributed by atoms with E-state index in [4.69, 9.17) is 0 Å². The number of urea groups is 1. The van der Waals surface area contributed by atoms with E-state index >= 15 is 0 Å². The van der Waals surface area contributed by atoms with Gasteiger partial charge in [-0.15, -0.1) is 0 Å². The quantitative estimate of drug-likeness (QED) is 0.792. The number of hydrogen-bond donors (Lipinski definition) is 1. The molecule has 2 amide bonds. The molecule has 1 atom stereocenters. The van der Waals surface area contributed by atoms with Crippen molar-refractivity contribution in [3.63, 3.8) is 0 Å². The number of hydrogen-bond acceptors (Lipinski definition) is 3. The predicted octanol–water partition coefficient (Wildman–Crippen LogP) is 3.81. The van der Waals surface area contributed by atoms with Crippen LogP contribution in [0.25, 0.3) is 0 Å². The van der Waals surface area contributed by atoms with E-state index in [9.17, 15) is 9.90 Å². The van der Waals surface area contributed by atoms with Crippen molar-refractivity contribution in [2.75, 3.05) is 31.1 Å². The van der Waals surface area contributed by atoms with Crippen LogP contribution in [0.1, 0.15) is 36.1 Å². The fraction of sp³-hybridized carbons (Fsp3) is 0.480. The number of rotatable bonds is 6. The lowest BCUT2D eigenvalue weighted by molar-refractivity contribution is 0.0754. The van der Waals surface area contributed by atoms with E-state index in [2.05, 4.69) is 68.1 Å². The molecule has 5 nitrogen and oxygen atoms in total. The first-order valence-corrected chi connectivity index (χ1v) is 11.0. The zero-order valence-corrected chi connectivity index (χ0v) is 18.3. The Labute approximate surface area is 179 Å². The highest BCUT2D eigenvalue weighted by atomic mass is 16.3. The summed E-state index contributed by atoms with van der Waals surface area (Å²) in [6.07, 6.45) is 0.451. The first-order valence-electron chi connectivity index (χ1n) is 11.0. The minimum Gasteiger partial charge on any atom is -0.390 e. The number of β-amino-alcohol motifs (C(OH)–C–C–N with tert-alkyl or cyclic N) is 1. The van der Waals surface area contributed by atoms with Crippen LogP contribution in [0.5, 0.6) is 0 Å². The average Bonchev–Trinajstić information content (AvgIpc) is 2.70. The van der Waals surface area contributed by atoms with Crippen LogP contribution < -0.4 is 4.90 Å². The van der Waals surface area contributed by atoms with E-state index in [0.29, 0.717) is 32.1 Å². The summed E-state index contributed by atoms with van der Waals surface area (Å²) < 4.78 is 0. The predicted molar refractivity (Wildman–Crippen MR) is 121 cm³/mol. The van der Waals surface area contributed by atoms with Crippen LogP contribution in [0.4, 0.5) is 10.5 Å². The Morgan fingerprint density at radius 3 is 2.50 bits per heavy atom. The number of anilines is 1. The summed E-state index contributed by atoms with van der Waals surface area (Å²) in [5.74, 6) is 0.376. The van der Waals surface area contributed by atoms with Gasteiger partial charge in [0.15, 0.2) is 0 Å². The first kappa shape index (κ1) is 20.9. The molecule has 1 N–H and O–H groups in total. The van der Waals surface area contributed by atoms with Crippen molar-refractivity contribution in [2.24, 2.45) is 5.92 Å². The lowest BCUT2D eigenvalue weighted by atomic mass is 9.99. The van der Waals surface area contributed by atoms with Gasteiger partial charge in [0.25, 0.3) is 0 Å². The number of aliphatic hydroxyl groups excluding tert-OH is 1. The van der Waals surface area contributed by atoms with Gasteiger partial charge < -0.3 is 10.0 Å². The molecular formula is C25H33N3O2. The molecule has 2 aromatic carbocycles. The molecule has 160 valence electrons. The van der Waals surface area contributed by atoms with Gasteiger partial charge in [0.2, 0.25) is 0 Å². The molecule has 2 heterocycles.